The molecule has 18 rings (SSSR count). The van der Waals surface area contributed by atoms with Crippen molar-refractivity contribution in [3.05, 3.63) is 416 Å². The molecule has 122 heavy (non-hydrogen) atoms. The van der Waals surface area contributed by atoms with Gasteiger partial charge >= 0.3 is 63.2 Å². The number of hydrogen-bond acceptors (Lipinski definition) is 15. The van der Waals surface area contributed by atoms with E-state index in [2.05, 4.69) is 179 Å². The first-order valence-corrected chi connectivity index (χ1v) is 41.5. The zero-order chi connectivity index (χ0) is 80.3. The van der Waals surface area contributed by atoms with Crippen LogP contribution in [-0.4, -0.2) is 50.8 Å². The molecular weight excluding hydrogens is 2290 g/mol. The van der Waals surface area contributed by atoms with E-state index >= 15 is 0 Å². The number of aromatic nitrogens is 8. The molecule has 0 radical (unpaired) electrons. The minimum Gasteiger partial charge on any atom is -0.506 e. The molecule has 19 heteroatoms. The number of ketones is 1. The van der Waals surface area contributed by atoms with Gasteiger partial charge in [0.25, 0.3) is 0 Å². The van der Waals surface area contributed by atoms with Crippen LogP contribution in [0.15, 0.2) is 357 Å². The molecule has 0 fully saturated rings. The van der Waals surface area contributed by atoms with Gasteiger partial charge in [-0.05, 0) is 136 Å². The monoisotopic (exact) mass is 2360 g/mol. The number of para-hydroxylation sites is 1. The standard InChI is InChI=1S/C36H35N3.C24H15N3S2.C23H14N2O.C20H13N2OS.4Pt/c1-2-3-4-5-6-7-14-29-21-23-32(24-22-29)39(33-17-12-15-30(27-33)35-19-8-10-25-37-35)34-18-13-16-31(28-34)36-20-9-11-26-38-36;1-2-8-20(9-3-1)27(21-10-4-6-18(16-21)23-25-12-14-28-23)22-11-5-7-19(17-22)24-26-13-15-29-24;26-23(19-9-5-7-17(15-19)21-11-1-3-13-24-21)20-10-6-8-18(16-20)22-12-2-4-14-25-22;23-19-12-13-24-20(19)18-11-5-10-17(22-18)16-9-4-8-15(21-16)14-6-2-1-3-7-14;;;;/h8-13,15-26H,2-7,14H2,1H3;1-15H;1-14H;1-6,8-13,23H;;;;/q3*-2;-1;;3*+2. The SMILES string of the molecule is CCCCCCCCc1ccc(N(c2[c-]c(-c3ccccn3)ccc2)c2[c-]c(-c3ccccn3)ccc2)cc1.O=C(c1[c-]c(-c2ccccn2)ccc1)c1[c-]c(-c2ccccn2)ccc1.Oc1ccsc1-c1cccc(-c2cccc(-c3[c-]cccc3)n2)n1.[Pt+2].[Pt+2].[Pt+2].[Pt].[c-]1c(-c2nccs2)cccc1N(c1[c-]c(-c2nccs2)ccc1)c1ccccc1. The van der Waals surface area contributed by atoms with E-state index in [4.69, 9.17) is 4.98 Å². The van der Waals surface area contributed by atoms with Crippen molar-refractivity contribution in [2.75, 3.05) is 9.80 Å². The maximum Gasteiger partial charge on any atom is 2.00 e. The van der Waals surface area contributed by atoms with E-state index in [0.717, 1.165) is 140 Å². The average molecular weight is 2360 g/mol. The molecule has 0 aliphatic heterocycles. The average Bonchev–Trinajstić information content (AvgIpc) is 0.878. The molecule has 0 atom stereocenters. The number of unbranched alkanes of at least 4 members (excludes halogenated alkanes) is 5. The van der Waals surface area contributed by atoms with Gasteiger partial charge in [0, 0.05) is 102 Å². The number of benzene rings is 9. The van der Waals surface area contributed by atoms with Gasteiger partial charge in [-0.2, -0.15) is 22.7 Å². The summed E-state index contributed by atoms with van der Waals surface area (Å²) in [5.74, 6) is 0.130. The second-order valence-electron chi connectivity index (χ2n) is 27.0. The number of thiazole rings is 2. The molecule has 0 saturated carbocycles. The molecule has 0 bridgehead atoms. The molecular formula is C103H77N10O2Pt4S3-. The zero-order valence-electron chi connectivity index (χ0n) is 65.8. The number of aryl methyl sites for hydroxylation is 1. The van der Waals surface area contributed by atoms with Gasteiger partial charge in [-0.25, -0.2) is 4.98 Å². The quantitative estimate of drug-likeness (QED) is 0.0349. The molecule has 610 valence electrons. The predicted octanol–water partition coefficient (Wildman–Crippen LogP) is 26.5. The molecule has 9 aromatic carbocycles. The zero-order valence-corrected chi connectivity index (χ0v) is 77.4. The Balaban J connectivity index is 0.000000160. The Labute approximate surface area is 782 Å². The number of nitrogens with zero attached hydrogens (tertiary/aromatic N) is 10. The van der Waals surface area contributed by atoms with Crippen LogP contribution < -0.4 is 9.80 Å². The maximum absolute atomic E-state index is 12.9. The largest absolute Gasteiger partial charge is 2.00 e. The van der Waals surface area contributed by atoms with Gasteiger partial charge in [0.1, 0.15) is 11.5 Å². The number of carbonyl (C=O) groups is 1. The van der Waals surface area contributed by atoms with E-state index in [1.54, 1.807) is 53.3 Å². The summed E-state index contributed by atoms with van der Waals surface area (Å²) < 4.78 is 0. The van der Waals surface area contributed by atoms with Gasteiger partial charge in [0.2, 0.25) is 0 Å². The first-order valence-electron chi connectivity index (χ1n) is 38.9. The fourth-order valence-corrected chi connectivity index (χ4v) is 15.1. The number of hydrogen-bond donors (Lipinski definition) is 1. The first-order chi connectivity index (χ1) is 58.3. The molecule has 0 saturated heterocycles. The summed E-state index contributed by atoms with van der Waals surface area (Å²) in [5, 5.41) is 17.6. The van der Waals surface area contributed by atoms with Crippen LogP contribution in [0.3, 0.4) is 0 Å². The summed E-state index contributed by atoms with van der Waals surface area (Å²) in [5.41, 5.74) is 21.2. The minimum atomic E-state index is -0.124. The van der Waals surface area contributed by atoms with Gasteiger partial charge in [0.15, 0.2) is 0 Å². The van der Waals surface area contributed by atoms with Gasteiger partial charge in [-0.3, -0.25) is 24.9 Å². The van der Waals surface area contributed by atoms with Gasteiger partial charge in [-0.1, -0.05) is 158 Å². The Kier molecular flexibility index (Phi) is 35.4. The number of aromatic hydroxyl groups is 1. The van der Waals surface area contributed by atoms with Crippen molar-refractivity contribution in [3.8, 4) is 105 Å². The minimum absolute atomic E-state index is 0. The number of anilines is 6. The van der Waals surface area contributed by atoms with Crippen LogP contribution in [0.4, 0.5) is 34.1 Å². The molecule has 0 aliphatic rings. The van der Waals surface area contributed by atoms with Crippen molar-refractivity contribution in [2.45, 2.75) is 51.9 Å². The second kappa shape index (κ2) is 47.2. The number of carbonyl (C=O) groups excluding carboxylic acids is 1. The van der Waals surface area contributed by atoms with Crippen LogP contribution in [0.2, 0.25) is 0 Å². The van der Waals surface area contributed by atoms with Crippen molar-refractivity contribution in [3.63, 3.8) is 0 Å². The molecule has 1 N–H and O–H groups in total. The van der Waals surface area contributed by atoms with Crippen molar-refractivity contribution in [2.24, 2.45) is 0 Å². The predicted molar refractivity (Wildman–Crippen MR) is 481 cm³/mol. The van der Waals surface area contributed by atoms with Crippen LogP contribution in [0.5, 0.6) is 5.75 Å². The molecule has 0 aliphatic carbocycles. The van der Waals surface area contributed by atoms with E-state index < -0.39 is 0 Å². The molecule has 0 spiro atoms. The Bertz CT molecular complexity index is 5950. The Morgan fingerprint density at radius 3 is 1.15 bits per heavy atom. The summed E-state index contributed by atoms with van der Waals surface area (Å²) in [6.07, 6.45) is 19.7. The second-order valence-corrected chi connectivity index (χ2v) is 29.7. The number of rotatable bonds is 24. The number of thiophene rings is 1. The van der Waals surface area contributed by atoms with Crippen LogP contribution >= 0.6 is 34.0 Å². The molecule has 0 amide bonds. The van der Waals surface area contributed by atoms with Gasteiger partial charge in [0.05, 0.1) is 22.0 Å². The number of pyridine rings is 6. The fraction of sp³-hybridized carbons (Fsp3) is 0.0777. The fourth-order valence-electron chi connectivity index (χ4n) is 13.1. The van der Waals surface area contributed by atoms with E-state index in [9.17, 15) is 9.90 Å². The van der Waals surface area contributed by atoms with Crippen molar-refractivity contribution in [1.82, 2.24) is 39.9 Å². The van der Waals surface area contributed by atoms with E-state index in [0.29, 0.717) is 11.1 Å². The van der Waals surface area contributed by atoms with E-state index in [1.165, 1.54) is 55.4 Å². The summed E-state index contributed by atoms with van der Waals surface area (Å²) in [7, 11) is 0. The summed E-state index contributed by atoms with van der Waals surface area (Å²) >= 11 is 4.70. The summed E-state index contributed by atoms with van der Waals surface area (Å²) in [6.45, 7) is 2.27. The summed E-state index contributed by atoms with van der Waals surface area (Å²) in [6, 6.07) is 123. The normalized spacial score (nSPS) is 10.4. The van der Waals surface area contributed by atoms with Gasteiger partial charge < -0.3 is 29.7 Å². The van der Waals surface area contributed by atoms with E-state index in [-0.39, 0.29) is 95.8 Å². The Morgan fingerprint density at radius 2 is 0.713 bits per heavy atom. The van der Waals surface area contributed by atoms with Gasteiger partial charge in [-0.15, -0.1) is 215 Å². The molecule has 12 nitrogen and oxygen atoms in total. The van der Waals surface area contributed by atoms with Crippen molar-refractivity contribution >= 4 is 73.9 Å². The summed E-state index contributed by atoms with van der Waals surface area (Å²) in [4.78, 5) is 54.0. The molecule has 9 aromatic heterocycles. The van der Waals surface area contributed by atoms with E-state index in [1.807, 2.05) is 241 Å². The molecule has 9 heterocycles. The molecule has 18 aromatic rings. The smallest absolute Gasteiger partial charge is 0.506 e. The Hall–Kier alpha value is -11.3. The first kappa shape index (κ1) is 91.4. The Morgan fingerprint density at radius 1 is 0.328 bits per heavy atom. The maximum atomic E-state index is 12.9. The van der Waals surface area contributed by atoms with Crippen LogP contribution in [0.1, 0.15) is 66.9 Å². The molecule has 0 unspecified atom stereocenters. The van der Waals surface area contributed by atoms with Crippen molar-refractivity contribution < 1.29 is 94.2 Å². The van der Waals surface area contributed by atoms with Crippen molar-refractivity contribution in [1.29, 1.82) is 0 Å². The van der Waals surface area contributed by atoms with Crippen LogP contribution in [0.25, 0.3) is 99.4 Å². The van der Waals surface area contributed by atoms with Crippen LogP contribution in [0, 0.1) is 42.5 Å². The third-order valence-corrected chi connectivity index (χ3v) is 21.4. The third kappa shape index (κ3) is 24.5. The third-order valence-electron chi connectivity index (χ3n) is 18.9. The topological polar surface area (TPSA) is 147 Å². The van der Waals surface area contributed by atoms with Crippen LogP contribution in [-0.2, 0) is 90.7 Å².